The van der Waals surface area contributed by atoms with E-state index in [-0.39, 0.29) is 12.5 Å². The Morgan fingerprint density at radius 2 is 1.95 bits per heavy atom. The second kappa shape index (κ2) is 6.33. The molecule has 2 N–H and O–H groups in total. The number of rotatable bonds is 6. The number of nitrogens with one attached hydrogen (secondary N) is 1. The molecule has 0 aromatic heterocycles. The molecule has 0 aliphatic carbocycles. The van der Waals surface area contributed by atoms with Crippen molar-refractivity contribution in [2.24, 2.45) is 5.41 Å². The minimum atomic E-state index is -0.994. The summed E-state index contributed by atoms with van der Waals surface area (Å²) in [5.74, 6) is -1.24. The van der Waals surface area contributed by atoms with Gasteiger partial charge in [-0.25, -0.2) is 0 Å². The molecule has 104 valence electrons. The zero-order valence-electron chi connectivity index (χ0n) is 11.4. The Kier molecular flexibility index (Phi) is 5.06. The first-order valence-electron chi connectivity index (χ1n) is 5.97. The lowest BCUT2D eigenvalue weighted by atomic mass is 9.93. The second-order valence-corrected chi connectivity index (χ2v) is 4.96. The Balaban J connectivity index is 2.76. The number of hydrogen-bond acceptors (Lipinski definition) is 3. The van der Waals surface area contributed by atoms with Gasteiger partial charge in [0.05, 0.1) is 12.0 Å². The maximum Gasteiger partial charge on any atom is 0.310 e. The lowest BCUT2D eigenvalue weighted by molar-refractivity contribution is -0.146. The molecule has 5 heteroatoms. The molecule has 0 aliphatic heterocycles. The van der Waals surface area contributed by atoms with Crippen molar-refractivity contribution in [1.29, 1.82) is 0 Å². The van der Waals surface area contributed by atoms with E-state index in [0.29, 0.717) is 12.2 Å². The summed E-state index contributed by atoms with van der Waals surface area (Å²) in [5, 5.41) is 11.6. The summed E-state index contributed by atoms with van der Waals surface area (Å²) in [5.41, 5.74) is 0.285. The van der Waals surface area contributed by atoms with Crippen molar-refractivity contribution in [2.75, 3.05) is 13.7 Å². The van der Waals surface area contributed by atoms with Crippen LogP contribution in [0.1, 0.15) is 29.8 Å². The van der Waals surface area contributed by atoms with Gasteiger partial charge >= 0.3 is 5.97 Å². The predicted octanol–water partition coefficient (Wildman–Crippen LogP) is 1.67. The SMILES string of the molecule is COCc1ccccc1C(=O)NCC(C)(C)C(=O)O. The molecular formula is C14H19NO4. The van der Waals surface area contributed by atoms with Gasteiger partial charge in [-0.15, -0.1) is 0 Å². The van der Waals surface area contributed by atoms with Gasteiger partial charge < -0.3 is 15.2 Å². The van der Waals surface area contributed by atoms with E-state index in [2.05, 4.69) is 5.32 Å². The first kappa shape index (κ1) is 15.2. The van der Waals surface area contributed by atoms with Crippen LogP contribution in [0.5, 0.6) is 0 Å². The number of amides is 1. The molecule has 1 rings (SSSR count). The Labute approximate surface area is 112 Å². The molecule has 1 amide bonds. The average Bonchev–Trinajstić information content (AvgIpc) is 2.37. The van der Waals surface area contributed by atoms with Crippen LogP contribution in [0.15, 0.2) is 24.3 Å². The van der Waals surface area contributed by atoms with Crippen LogP contribution in [0.4, 0.5) is 0 Å². The number of carboxylic acids is 1. The minimum absolute atomic E-state index is 0.0719. The normalized spacial score (nSPS) is 11.1. The van der Waals surface area contributed by atoms with E-state index < -0.39 is 11.4 Å². The van der Waals surface area contributed by atoms with Gasteiger partial charge in [-0.3, -0.25) is 9.59 Å². The van der Waals surface area contributed by atoms with Crippen molar-refractivity contribution in [3.63, 3.8) is 0 Å². The topological polar surface area (TPSA) is 75.6 Å². The molecule has 5 nitrogen and oxygen atoms in total. The maximum absolute atomic E-state index is 12.0. The molecule has 0 spiro atoms. The molecule has 0 radical (unpaired) electrons. The second-order valence-electron chi connectivity index (χ2n) is 4.96. The molecule has 0 bridgehead atoms. The largest absolute Gasteiger partial charge is 0.481 e. The molecule has 0 fully saturated rings. The summed E-state index contributed by atoms with van der Waals surface area (Å²) < 4.78 is 5.03. The fourth-order valence-electron chi connectivity index (χ4n) is 1.50. The van der Waals surface area contributed by atoms with E-state index >= 15 is 0 Å². The van der Waals surface area contributed by atoms with Crippen molar-refractivity contribution in [3.8, 4) is 0 Å². The van der Waals surface area contributed by atoms with Crippen LogP contribution in [-0.2, 0) is 16.1 Å². The molecule has 0 atom stereocenters. The summed E-state index contributed by atoms with van der Waals surface area (Å²) in [6.45, 7) is 3.54. The zero-order valence-corrected chi connectivity index (χ0v) is 11.4. The molecule has 0 heterocycles. The van der Waals surface area contributed by atoms with Gasteiger partial charge in [0.1, 0.15) is 0 Å². The van der Waals surface area contributed by atoms with Gasteiger partial charge in [0.2, 0.25) is 0 Å². The van der Waals surface area contributed by atoms with E-state index in [1.807, 2.05) is 6.07 Å². The Morgan fingerprint density at radius 1 is 1.32 bits per heavy atom. The van der Waals surface area contributed by atoms with Crippen molar-refractivity contribution in [3.05, 3.63) is 35.4 Å². The highest BCUT2D eigenvalue weighted by molar-refractivity contribution is 5.95. The van der Waals surface area contributed by atoms with E-state index in [9.17, 15) is 9.59 Å². The third kappa shape index (κ3) is 4.06. The first-order valence-corrected chi connectivity index (χ1v) is 5.97. The molecule has 19 heavy (non-hydrogen) atoms. The Bertz CT molecular complexity index is 468. The standard InChI is InChI=1S/C14H19NO4/c1-14(2,13(17)18)9-15-12(16)11-7-5-4-6-10(11)8-19-3/h4-7H,8-9H2,1-3H3,(H,15,16)(H,17,18). The number of ether oxygens (including phenoxy) is 1. The highest BCUT2D eigenvalue weighted by Gasteiger charge is 2.27. The van der Waals surface area contributed by atoms with Crippen LogP contribution >= 0.6 is 0 Å². The van der Waals surface area contributed by atoms with Crippen LogP contribution in [-0.4, -0.2) is 30.6 Å². The third-order valence-electron chi connectivity index (χ3n) is 2.83. The minimum Gasteiger partial charge on any atom is -0.481 e. The molecule has 0 unspecified atom stereocenters. The molecule has 0 aliphatic rings. The summed E-state index contributed by atoms with van der Waals surface area (Å²) in [7, 11) is 1.56. The predicted molar refractivity (Wildman–Crippen MR) is 70.9 cm³/mol. The van der Waals surface area contributed by atoms with Gasteiger partial charge in [0, 0.05) is 19.2 Å². The summed E-state index contributed by atoms with van der Waals surface area (Å²) in [6.07, 6.45) is 0. The lowest BCUT2D eigenvalue weighted by Gasteiger charge is -2.20. The maximum atomic E-state index is 12.0. The van der Waals surface area contributed by atoms with Crippen LogP contribution in [0.25, 0.3) is 0 Å². The van der Waals surface area contributed by atoms with Gasteiger partial charge in [-0.05, 0) is 25.5 Å². The third-order valence-corrected chi connectivity index (χ3v) is 2.83. The van der Waals surface area contributed by atoms with Crippen LogP contribution in [0.2, 0.25) is 0 Å². The smallest absolute Gasteiger partial charge is 0.310 e. The van der Waals surface area contributed by atoms with Gasteiger partial charge in [-0.2, -0.15) is 0 Å². The average molecular weight is 265 g/mol. The number of carboxylic acid groups (broad SMARTS) is 1. The van der Waals surface area contributed by atoms with Gasteiger partial charge in [-0.1, -0.05) is 18.2 Å². The highest BCUT2D eigenvalue weighted by Crippen LogP contribution is 2.15. The highest BCUT2D eigenvalue weighted by atomic mass is 16.5. The molecular weight excluding hydrogens is 246 g/mol. The molecule has 1 aromatic carbocycles. The molecule has 0 saturated carbocycles. The monoisotopic (exact) mass is 265 g/mol. The number of hydrogen-bond donors (Lipinski definition) is 2. The van der Waals surface area contributed by atoms with Gasteiger partial charge in [0.25, 0.3) is 5.91 Å². The number of benzene rings is 1. The fourth-order valence-corrected chi connectivity index (χ4v) is 1.50. The van der Waals surface area contributed by atoms with E-state index in [4.69, 9.17) is 9.84 Å². The number of carbonyl (C=O) groups is 2. The first-order chi connectivity index (χ1) is 8.88. The van der Waals surface area contributed by atoms with Crippen molar-refractivity contribution in [2.45, 2.75) is 20.5 Å². The quantitative estimate of drug-likeness (QED) is 0.820. The summed E-state index contributed by atoms with van der Waals surface area (Å²) in [4.78, 5) is 23.0. The zero-order chi connectivity index (χ0) is 14.5. The summed E-state index contributed by atoms with van der Waals surface area (Å²) in [6, 6.07) is 7.08. The Morgan fingerprint density at radius 3 is 2.53 bits per heavy atom. The van der Waals surface area contributed by atoms with Crippen LogP contribution in [0.3, 0.4) is 0 Å². The Hall–Kier alpha value is -1.88. The molecule has 0 saturated heterocycles. The van der Waals surface area contributed by atoms with E-state index in [1.54, 1.807) is 39.2 Å². The number of aliphatic carboxylic acids is 1. The van der Waals surface area contributed by atoms with Crippen molar-refractivity contribution >= 4 is 11.9 Å². The van der Waals surface area contributed by atoms with E-state index in [0.717, 1.165) is 5.56 Å². The van der Waals surface area contributed by atoms with Crippen molar-refractivity contribution in [1.82, 2.24) is 5.32 Å². The van der Waals surface area contributed by atoms with E-state index in [1.165, 1.54) is 0 Å². The lowest BCUT2D eigenvalue weighted by Crippen LogP contribution is -2.39. The summed E-state index contributed by atoms with van der Waals surface area (Å²) >= 11 is 0. The van der Waals surface area contributed by atoms with Gasteiger partial charge in [0.15, 0.2) is 0 Å². The number of carbonyl (C=O) groups excluding carboxylic acids is 1. The fraction of sp³-hybridized carbons (Fsp3) is 0.429. The van der Waals surface area contributed by atoms with Crippen LogP contribution < -0.4 is 5.32 Å². The molecule has 1 aromatic rings. The van der Waals surface area contributed by atoms with Crippen molar-refractivity contribution < 1.29 is 19.4 Å². The number of methoxy groups -OCH3 is 1. The van der Waals surface area contributed by atoms with Crippen LogP contribution in [0, 0.1) is 5.41 Å².